The van der Waals surface area contributed by atoms with Crippen molar-refractivity contribution in [3.8, 4) is 0 Å². The van der Waals surface area contributed by atoms with E-state index in [1.165, 1.54) is 17.0 Å². The molecule has 1 aliphatic carbocycles. The number of hydrogen-bond donors (Lipinski definition) is 0. The molecule has 0 N–H and O–H groups in total. The zero-order chi connectivity index (χ0) is 19.2. The third-order valence-electron chi connectivity index (χ3n) is 5.83. The molecule has 3 rings (SSSR count). The van der Waals surface area contributed by atoms with Crippen LogP contribution in [0.5, 0.6) is 0 Å². The van der Waals surface area contributed by atoms with E-state index >= 15 is 0 Å². The number of carbonyl (C=O) groups excluding carboxylic acids is 1. The summed E-state index contributed by atoms with van der Waals surface area (Å²) in [7, 11) is 0. The molecule has 146 valence electrons. The van der Waals surface area contributed by atoms with Crippen molar-refractivity contribution in [3.63, 3.8) is 0 Å². The summed E-state index contributed by atoms with van der Waals surface area (Å²) in [6.45, 7) is 8.58. The van der Waals surface area contributed by atoms with E-state index in [0.717, 1.165) is 44.3 Å². The van der Waals surface area contributed by atoms with E-state index in [1.54, 1.807) is 11.3 Å². The topological polar surface area (TPSA) is 33.2 Å². The minimum absolute atomic E-state index is 0.193. The number of amides is 1. The molecule has 1 aromatic rings. The summed E-state index contributed by atoms with van der Waals surface area (Å²) in [5.41, 5.74) is 2.30. The Balaban J connectivity index is 1.61. The third-order valence-corrected chi connectivity index (χ3v) is 6.84. The lowest BCUT2D eigenvalue weighted by atomic mass is 9.89. The average molecular weight is 385 g/mol. The lowest BCUT2D eigenvalue weighted by Gasteiger charge is -2.19. The van der Waals surface area contributed by atoms with Crippen molar-refractivity contribution < 1.29 is 4.79 Å². The molecule has 1 fully saturated rings. The lowest BCUT2D eigenvalue weighted by molar-refractivity contribution is -0.125. The maximum absolute atomic E-state index is 12.8. The first kappa shape index (κ1) is 20.1. The van der Waals surface area contributed by atoms with Gasteiger partial charge in [-0.05, 0) is 50.0 Å². The van der Waals surface area contributed by atoms with Gasteiger partial charge in [0.25, 0.3) is 5.91 Å². The zero-order valence-corrected chi connectivity index (χ0v) is 17.7. The smallest absolute Gasteiger partial charge is 0.253 e. The van der Waals surface area contributed by atoms with Crippen LogP contribution >= 0.6 is 11.3 Å². The van der Waals surface area contributed by atoms with Gasteiger partial charge >= 0.3 is 0 Å². The van der Waals surface area contributed by atoms with Crippen molar-refractivity contribution >= 4 is 17.2 Å². The minimum atomic E-state index is 0.193. The first-order valence-corrected chi connectivity index (χ1v) is 11.2. The van der Waals surface area contributed by atoms with E-state index in [9.17, 15) is 4.79 Å². The second kappa shape index (κ2) is 9.50. The average Bonchev–Trinajstić information content (AvgIpc) is 3.32. The normalized spacial score (nSPS) is 29.2. The molecule has 0 bridgehead atoms. The van der Waals surface area contributed by atoms with Crippen molar-refractivity contribution in [1.82, 2.24) is 9.88 Å². The van der Waals surface area contributed by atoms with E-state index in [2.05, 4.69) is 49.4 Å². The monoisotopic (exact) mass is 384 g/mol. The molecule has 3 atom stereocenters. The second-order valence-electron chi connectivity index (χ2n) is 8.21. The molecule has 27 heavy (non-hydrogen) atoms. The summed E-state index contributed by atoms with van der Waals surface area (Å²) < 4.78 is 0. The highest BCUT2D eigenvalue weighted by molar-refractivity contribution is 7.09. The molecule has 0 spiro atoms. The van der Waals surface area contributed by atoms with E-state index in [-0.39, 0.29) is 5.91 Å². The van der Waals surface area contributed by atoms with Crippen molar-refractivity contribution in [3.05, 3.63) is 52.0 Å². The highest BCUT2D eigenvalue weighted by atomic mass is 32.1. The number of carbonyl (C=O) groups is 1. The molecule has 2 heterocycles. The first-order valence-electron chi connectivity index (χ1n) is 10.3. The van der Waals surface area contributed by atoms with Crippen molar-refractivity contribution in [2.45, 2.75) is 58.8 Å². The van der Waals surface area contributed by atoms with Gasteiger partial charge in [0.15, 0.2) is 0 Å². The van der Waals surface area contributed by atoms with Gasteiger partial charge in [0.2, 0.25) is 0 Å². The van der Waals surface area contributed by atoms with E-state index in [1.807, 2.05) is 17.2 Å². The fraction of sp³-hybridized carbons (Fsp3) is 0.565. The molecule has 1 aliphatic heterocycles. The van der Waals surface area contributed by atoms with Crippen molar-refractivity contribution in [2.75, 3.05) is 13.1 Å². The minimum Gasteiger partial charge on any atom is -0.338 e. The highest BCUT2D eigenvalue weighted by Gasteiger charge is 2.24. The molecule has 4 heteroatoms. The van der Waals surface area contributed by atoms with Crippen LogP contribution in [0.15, 0.2) is 47.0 Å². The molecule has 1 saturated heterocycles. The number of rotatable bonds is 6. The Morgan fingerprint density at radius 3 is 2.93 bits per heavy atom. The van der Waals surface area contributed by atoms with Gasteiger partial charge in [-0.1, -0.05) is 44.6 Å². The summed E-state index contributed by atoms with van der Waals surface area (Å²) in [6, 6.07) is 0. The molecule has 0 radical (unpaired) electrons. The van der Waals surface area contributed by atoms with Crippen LogP contribution in [0.4, 0.5) is 0 Å². The maximum Gasteiger partial charge on any atom is 0.253 e. The number of aromatic nitrogens is 1. The van der Waals surface area contributed by atoms with Crippen LogP contribution in [-0.4, -0.2) is 28.9 Å². The summed E-state index contributed by atoms with van der Waals surface area (Å²) in [6.07, 6.45) is 15.9. The van der Waals surface area contributed by atoms with Gasteiger partial charge in [-0.15, -0.1) is 11.3 Å². The lowest BCUT2D eigenvalue weighted by Crippen LogP contribution is -2.29. The van der Waals surface area contributed by atoms with Gasteiger partial charge in [0, 0.05) is 36.2 Å². The summed E-state index contributed by atoms with van der Waals surface area (Å²) in [5, 5.41) is 3.30. The van der Waals surface area contributed by atoms with Crippen LogP contribution in [0.2, 0.25) is 0 Å². The Morgan fingerprint density at radius 2 is 2.22 bits per heavy atom. The third kappa shape index (κ3) is 5.41. The van der Waals surface area contributed by atoms with Gasteiger partial charge in [0.05, 0.1) is 5.01 Å². The van der Waals surface area contributed by atoms with Gasteiger partial charge in [-0.3, -0.25) is 4.79 Å². The molecular weight excluding hydrogens is 352 g/mol. The van der Waals surface area contributed by atoms with E-state index < -0.39 is 0 Å². The molecule has 2 unspecified atom stereocenters. The number of thiazole rings is 1. The number of allylic oxidation sites excluding steroid dienone is 4. The Labute approximate surface area is 167 Å². The van der Waals surface area contributed by atoms with Gasteiger partial charge < -0.3 is 4.90 Å². The molecule has 1 aromatic heterocycles. The van der Waals surface area contributed by atoms with Crippen molar-refractivity contribution in [2.24, 2.45) is 11.8 Å². The van der Waals surface area contributed by atoms with Crippen LogP contribution in [0, 0.1) is 11.8 Å². The van der Waals surface area contributed by atoms with Crippen LogP contribution in [0.25, 0.3) is 0 Å². The first-order chi connectivity index (χ1) is 13.0. The van der Waals surface area contributed by atoms with Gasteiger partial charge in [-0.2, -0.15) is 0 Å². The molecule has 0 aromatic carbocycles. The quantitative estimate of drug-likeness (QED) is 0.627. The number of likely N-dealkylation sites (tertiary alicyclic amines) is 1. The fourth-order valence-electron chi connectivity index (χ4n) is 3.96. The largest absolute Gasteiger partial charge is 0.338 e. The Morgan fingerprint density at radius 1 is 1.37 bits per heavy atom. The molecule has 2 aliphatic rings. The van der Waals surface area contributed by atoms with Crippen LogP contribution in [0.3, 0.4) is 0 Å². The van der Waals surface area contributed by atoms with Gasteiger partial charge in [-0.25, -0.2) is 4.98 Å². The number of nitrogens with zero attached hydrogens (tertiary/aromatic N) is 2. The Hall–Kier alpha value is -1.68. The Kier molecular flexibility index (Phi) is 7.06. The summed E-state index contributed by atoms with van der Waals surface area (Å²) in [5.74, 6) is 1.88. The van der Waals surface area contributed by atoms with Crippen LogP contribution in [0.1, 0.15) is 63.8 Å². The van der Waals surface area contributed by atoms with Crippen LogP contribution in [-0.2, 0) is 4.79 Å². The van der Waals surface area contributed by atoms with E-state index in [0.29, 0.717) is 17.8 Å². The molecule has 3 nitrogen and oxygen atoms in total. The predicted octanol–water partition coefficient (Wildman–Crippen LogP) is 5.73. The summed E-state index contributed by atoms with van der Waals surface area (Å²) >= 11 is 1.75. The second-order valence-corrected chi connectivity index (χ2v) is 9.14. The standard InChI is InChI=1S/C23H32N2OS/c1-17-12-14-25(16-17)23(26)21-9-4-6-18(2)20(10-11-21)8-5-7-19(3)22-24-13-15-27-22/h4,9-11,13,15,17-19H,5-8,12,14,16H2,1-3H3/b9-4+,20-10-,21-11+/t17-,18?,19?/m0/s1. The molecule has 0 saturated carbocycles. The molecule has 1 amide bonds. The Bertz CT molecular complexity index is 717. The van der Waals surface area contributed by atoms with Crippen molar-refractivity contribution in [1.29, 1.82) is 0 Å². The maximum atomic E-state index is 12.8. The predicted molar refractivity (Wildman–Crippen MR) is 114 cm³/mol. The van der Waals surface area contributed by atoms with Crippen LogP contribution < -0.4 is 0 Å². The SMILES string of the molecule is CC1C/C=C/C(C(=O)N2CC[C@H](C)C2)=C\C=C/1CCCC(C)c1nccs1. The van der Waals surface area contributed by atoms with E-state index in [4.69, 9.17) is 0 Å². The zero-order valence-electron chi connectivity index (χ0n) is 16.9. The number of hydrogen-bond acceptors (Lipinski definition) is 3. The van der Waals surface area contributed by atoms with Gasteiger partial charge in [0.1, 0.15) is 0 Å². The molecular formula is C23H32N2OS. The fourth-order valence-corrected chi connectivity index (χ4v) is 4.69. The highest BCUT2D eigenvalue weighted by Crippen LogP contribution is 2.28. The summed E-state index contributed by atoms with van der Waals surface area (Å²) in [4.78, 5) is 19.3.